The summed E-state index contributed by atoms with van der Waals surface area (Å²) in [4.78, 5) is 53.2. The van der Waals surface area contributed by atoms with Gasteiger partial charge < -0.3 is 29.3 Å². The van der Waals surface area contributed by atoms with E-state index in [0.717, 1.165) is 18.4 Å². The second kappa shape index (κ2) is 17.9. The van der Waals surface area contributed by atoms with Crippen molar-refractivity contribution in [3.63, 3.8) is 0 Å². The van der Waals surface area contributed by atoms with Gasteiger partial charge in [0.1, 0.15) is 13.2 Å². The first kappa shape index (κ1) is 30.6. The lowest BCUT2D eigenvalue weighted by molar-refractivity contribution is -0.161. The number of carbonyl (C=O) groups is 3. The van der Waals surface area contributed by atoms with Gasteiger partial charge in [-0.25, -0.2) is 9.36 Å². The molecule has 0 aromatic heterocycles. The Balaban J connectivity index is 2.20. The average molecular weight is 518 g/mol. The lowest BCUT2D eigenvalue weighted by Gasteiger charge is -2.18. The Labute approximate surface area is 205 Å². The highest BCUT2D eigenvalue weighted by molar-refractivity contribution is 7.46. The smallest absolute Gasteiger partial charge is 0.462 e. The van der Waals surface area contributed by atoms with Gasteiger partial charge in [0.05, 0.1) is 6.61 Å². The third-order valence-corrected chi connectivity index (χ3v) is 5.17. The molecule has 1 amide bonds. The van der Waals surface area contributed by atoms with Crippen LogP contribution in [0.25, 0.3) is 0 Å². The van der Waals surface area contributed by atoms with Crippen LogP contribution in [0.15, 0.2) is 30.3 Å². The summed E-state index contributed by atoms with van der Waals surface area (Å²) < 4.78 is 30.6. The highest BCUT2D eigenvalue weighted by atomic mass is 31.2. The maximum Gasteiger partial charge on any atom is 0.469 e. The third-order valence-electron chi connectivity index (χ3n) is 4.68. The van der Waals surface area contributed by atoms with E-state index in [0.29, 0.717) is 32.2 Å². The number of hydrogen-bond acceptors (Lipinski definition) is 8. The van der Waals surface area contributed by atoms with Crippen molar-refractivity contribution in [2.45, 2.75) is 71.0 Å². The molecule has 0 saturated carbocycles. The molecule has 1 rings (SSSR count). The Morgan fingerprint density at radius 2 is 1.60 bits per heavy atom. The molecule has 1 aromatic carbocycles. The van der Waals surface area contributed by atoms with E-state index in [1.807, 2.05) is 37.3 Å². The molecule has 1 aromatic rings. The number of alkyl carbamates (subject to hydrolysis) is 1. The molecule has 0 fully saturated rings. The van der Waals surface area contributed by atoms with Crippen LogP contribution in [0, 0.1) is 0 Å². The third kappa shape index (κ3) is 17.6. The van der Waals surface area contributed by atoms with E-state index in [-0.39, 0.29) is 26.1 Å². The number of nitrogens with one attached hydrogen (secondary N) is 1. The number of carbonyl (C=O) groups excluding carboxylic acids is 3. The van der Waals surface area contributed by atoms with Gasteiger partial charge in [-0.2, -0.15) is 0 Å². The van der Waals surface area contributed by atoms with Gasteiger partial charge in [0, 0.05) is 19.4 Å². The second-order valence-electron chi connectivity index (χ2n) is 7.84. The molecule has 0 radical (unpaired) electrons. The molecule has 0 saturated heterocycles. The number of unbranched alkanes of at least 4 members (excludes halogenated alkanes) is 4. The van der Waals surface area contributed by atoms with Crippen molar-refractivity contribution in [3.05, 3.63) is 35.9 Å². The van der Waals surface area contributed by atoms with Crippen LogP contribution in [0.2, 0.25) is 0 Å². The molecule has 0 heterocycles. The van der Waals surface area contributed by atoms with E-state index >= 15 is 0 Å². The molecule has 198 valence electrons. The van der Waals surface area contributed by atoms with Gasteiger partial charge in [0.2, 0.25) is 0 Å². The summed E-state index contributed by atoms with van der Waals surface area (Å²) in [6.45, 7) is 1.61. The number of phosphoric acid groups is 1. The number of esters is 2. The van der Waals surface area contributed by atoms with E-state index in [4.69, 9.17) is 24.0 Å². The number of benzene rings is 1. The SMILES string of the molecule is CCCCCC(=O)O[C@H](COC(=O)CCCCCNC(=O)OCc1ccccc1)COP(=O)(O)O. The van der Waals surface area contributed by atoms with Crippen molar-refractivity contribution < 1.29 is 47.5 Å². The summed E-state index contributed by atoms with van der Waals surface area (Å²) in [5.74, 6) is -1.09. The molecule has 1 atom stereocenters. The summed E-state index contributed by atoms with van der Waals surface area (Å²) in [5.41, 5.74) is 0.892. The minimum Gasteiger partial charge on any atom is -0.462 e. The predicted molar refractivity (Wildman–Crippen MR) is 126 cm³/mol. The van der Waals surface area contributed by atoms with Gasteiger partial charge >= 0.3 is 25.9 Å². The van der Waals surface area contributed by atoms with Crippen molar-refractivity contribution >= 4 is 25.9 Å². The van der Waals surface area contributed by atoms with Crippen LogP contribution in [-0.2, 0) is 39.5 Å². The van der Waals surface area contributed by atoms with Crippen molar-refractivity contribution in [2.75, 3.05) is 19.8 Å². The predicted octanol–water partition coefficient (Wildman–Crippen LogP) is 3.62. The molecule has 0 aliphatic heterocycles. The van der Waals surface area contributed by atoms with Gasteiger partial charge in [0.15, 0.2) is 6.10 Å². The maximum absolute atomic E-state index is 12.0. The first-order valence-electron chi connectivity index (χ1n) is 11.7. The molecule has 35 heavy (non-hydrogen) atoms. The summed E-state index contributed by atoms with van der Waals surface area (Å²) >= 11 is 0. The van der Waals surface area contributed by atoms with Crippen LogP contribution < -0.4 is 5.32 Å². The van der Waals surface area contributed by atoms with E-state index < -0.39 is 38.6 Å². The standard InChI is InChI=1S/C23H36NO10P/c1-2-3-6-14-22(26)34-20(18-33-35(28,29)30)17-31-21(25)13-9-5-10-15-24-23(27)32-16-19-11-7-4-8-12-19/h4,7-8,11-12,20H,2-3,5-6,9-10,13-18H2,1H3,(H,24,27)(H2,28,29,30)/t20-/m1/s1. The Morgan fingerprint density at radius 3 is 2.29 bits per heavy atom. The lowest BCUT2D eigenvalue weighted by Crippen LogP contribution is -2.29. The fourth-order valence-electron chi connectivity index (χ4n) is 2.85. The largest absolute Gasteiger partial charge is 0.469 e. The first-order chi connectivity index (χ1) is 16.7. The number of rotatable bonds is 18. The van der Waals surface area contributed by atoms with Crippen molar-refractivity contribution in [3.8, 4) is 0 Å². The van der Waals surface area contributed by atoms with Crippen LogP contribution in [0.4, 0.5) is 4.79 Å². The van der Waals surface area contributed by atoms with Crippen LogP contribution in [0.1, 0.15) is 63.9 Å². The summed E-state index contributed by atoms with van der Waals surface area (Å²) in [6.07, 6.45) is 2.83. The Kier molecular flexibility index (Phi) is 15.6. The minimum absolute atomic E-state index is 0.106. The zero-order chi connectivity index (χ0) is 25.9. The molecular formula is C23H36NO10P. The molecule has 0 bridgehead atoms. The Hall–Kier alpha value is -2.46. The summed E-state index contributed by atoms with van der Waals surface area (Å²) in [5, 5.41) is 2.64. The zero-order valence-corrected chi connectivity index (χ0v) is 21.0. The summed E-state index contributed by atoms with van der Waals surface area (Å²) in [6, 6.07) is 9.31. The van der Waals surface area contributed by atoms with Gasteiger partial charge in [-0.3, -0.25) is 14.1 Å². The highest BCUT2D eigenvalue weighted by Crippen LogP contribution is 2.35. The maximum atomic E-state index is 12.0. The van der Waals surface area contributed by atoms with Crippen LogP contribution in [0.3, 0.4) is 0 Å². The zero-order valence-electron chi connectivity index (χ0n) is 20.1. The topological polar surface area (TPSA) is 158 Å². The molecule has 0 unspecified atom stereocenters. The molecule has 0 aliphatic rings. The van der Waals surface area contributed by atoms with Gasteiger partial charge in [-0.1, -0.05) is 56.5 Å². The van der Waals surface area contributed by atoms with Gasteiger partial charge in [-0.15, -0.1) is 0 Å². The number of phosphoric ester groups is 1. The first-order valence-corrected chi connectivity index (χ1v) is 13.2. The fraction of sp³-hybridized carbons (Fsp3) is 0.609. The molecule has 0 spiro atoms. The van der Waals surface area contributed by atoms with Crippen LogP contribution in [0.5, 0.6) is 0 Å². The molecule has 12 heteroatoms. The van der Waals surface area contributed by atoms with Gasteiger partial charge in [0.25, 0.3) is 0 Å². The molecular weight excluding hydrogens is 481 g/mol. The quantitative estimate of drug-likeness (QED) is 0.114. The van der Waals surface area contributed by atoms with Crippen LogP contribution >= 0.6 is 7.82 Å². The number of hydrogen-bond donors (Lipinski definition) is 3. The molecule has 0 aliphatic carbocycles. The van der Waals surface area contributed by atoms with Crippen LogP contribution in [-0.4, -0.2) is 53.7 Å². The van der Waals surface area contributed by atoms with E-state index in [9.17, 15) is 18.9 Å². The monoisotopic (exact) mass is 517 g/mol. The second-order valence-corrected chi connectivity index (χ2v) is 9.08. The molecule has 3 N–H and O–H groups in total. The Morgan fingerprint density at radius 1 is 0.914 bits per heavy atom. The van der Waals surface area contributed by atoms with E-state index in [2.05, 4.69) is 9.84 Å². The average Bonchev–Trinajstić information content (AvgIpc) is 2.82. The minimum atomic E-state index is -4.76. The lowest BCUT2D eigenvalue weighted by atomic mass is 10.2. The Bertz CT molecular complexity index is 799. The van der Waals surface area contributed by atoms with Crippen molar-refractivity contribution in [1.29, 1.82) is 0 Å². The van der Waals surface area contributed by atoms with E-state index in [1.54, 1.807) is 0 Å². The highest BCUT2D eigenvalue weighted by Gasteiger charge is 2.22. The fourth-order valence-corrected chi connectivity index (χ4v) is 3.21. The number of ether oxygens (including phenoxy) is 3. The van der Waals surface area contributed by atoms with Crippen molar-refractivity contribution in [1.82, 2.24) is 5.32 Å². The normalized spacial score (nSPS) is 12.0. The summed E-state index contributed by atoms with van der Waals surface area (Å²) in [7, 11) is -4.76. The number of amides is 1. The van der Waals surface area contributed by atoms with Gasteiger partial charge in [-0.05, 0) is 24.8 Å². The van der Waals surface area contributed by atoms with E-state index in [1.165, 1.54) is 0 Å². The van der Waals surface area contributed by atoms with Crippen molar-refractivity contribution in [2.24, 2.45) is 0 Å². The molecule has 11 nitrogen and oxygen atoms in total.